The summed E-state index contributed by atoms with van der Waals surface area (Å²) >= 11 is 0. The summed E-state index contributed by atoms with van der Waals surface area (Å²) in [4.78, 5) is 35.2. The van der Waals surface area contributed by atoms with E-state index in [1.807, 2.05) is 7.05 Å². The number of H-pyrrole nitrogens is 2. The van der Waals surface area contributed by atoms with Crippen LogP contribution in [-0.4, -0.2) is 68.9 Å². The maximum Gasteiger partial charge on any atom is 0.240 e. The number of nitrogens with zero attached hydrogens (tertiary/aromatic N) is 4. The van der Waals surface area contributed by atoms with E-state index in [1.165, 1.54) is 74.7 Å². The molecule has 8 rings (SSSR count). The Kier molecular flexibility index (Phi) is 8.08. The van der Waals surface area contributed by atoms with Crippen molar-refractivity contribution in [3.63, 3.8) is 0 Å². The van der Waals surface area contributed by atoms with Crippen LogP contribution in [0.4, 0.5) is 0 Å². The number of hydrogen-bond acceptors (Lipinski definition) is 5. The van der Waals surface area contributed by atoms with Gasteiger partial charge in [-0.25, -0.2) is 9.97 Å². The molecule has 5 aliphatic rings. The van der Waals surface area contributed by atoms with Gasteiger partial charge in [-0.15, -0.1) is 0 Å². The Morgan fingerprint density at radius 2 is 1.50 bits per heavy atom. The summed E-state index contributed by atoms with van der Waals surface area (Å²) in [6, 6.07) is 5.27. The largest absolute Gasteiger partial charge is 0.344 e. The third-order valence-electron chi connectivity index (χ3n) is 12.6. The summed E-state index contributed by atoms with van der Waals surface area (Å²) in [5.74, 6) is 5.19. The van der Waals surface area contributed by atoms with Crippen LogP contribution >= 0.6 is 0 Å². The summed E-state index contributed by atoms with van der Waals surface area (Å²) in [7, 11) is 4.12. The predicted octanol–water partition coefficient (Wildman–Crippen LogP) is 7.28. The van der Waals surface area contributed by atoms with Gasteiger partial charge < -0.3 is 20.2 Å². The molecule has 3 N–H and O–H groups in total. The van der Waals surface area contributed by atoms with Gasteiger partial charge in [0.25, 0.3) is 0 Å². The van der Waals surface area contributed by atoms with Crippen LogP contribution < -0.4 is 5.32 Å². The number of carbonyl (C=O) groups excluding carboxylic acids is 1. The highest BCUT2D eigenvalue weighted by Gasteiger charge is 2.42. The van der Waals surface area contributed by atoms with Crippen LogP contribution in [0.2, 0.25) is 0 Å². The maximum atomic E-state index is 13.4. The minimum atomic E-state index is -0.146. The lowest BCUT2D eigenvalue weighted by Crippen LogP contribution is -2.47. The summed E-state index contributed by atoms with van der Waals surface area (Å²) in [6.07, 6.45) is 17.5. The number of hydrogen-bond donors (Lipinski definition) is 3. The van der Waals surface area contributed by atoms with E-state index in [9.17, 15) is 4.79 Å². The second-order valence-electron chi connectivity index (χ2n) is 15.5. The number of benzene rings is 1. The standard InChI is InChI=1S/C38H53N7O/c1-22(2)35(39-3)38(46)45-18-6-8-32(45)37-40-20-29(42-37)24-11-9-23(10-12-24)27-15-16-28(34-26-14-13-25(19-26)33(27)34)30-21-41-36(43-30)31-7-5-17-44(31)4/h15-16,20-26,31-32,35,39H,5-14,17-19H2,1-4H3,(H,40,42)(H,41,43)/t23?,24?,25?,26?,31?,32-,35-/m0/s1. The average Bonchev–Trinajstić information content (AvgIpc) is 3.91. The van der Waals surface area contributed by atoms with E-state index in [0.29, 0.717) is 23.8 Å². The summed E-state index contributed by atoms with van der Waals surface area (Å²) in [5, 5.41) is 3.25. The molecule has 8 heteroatoms. The van der Waals surface area contributed by atoms with Crippen molar-refractivity contribution in [2.45, 2.75) is 126 Å². The molecule has 2 bridgehead atoms. The average molecular weight is 624 g/mol. The quantitative estimate of drug-likeness (QED) is 0.245. The molecule has 8 nitrogen and oxygen atoms in total. The van der Waals surface area contributed by atoms with Crippen molar-refractivity contribution in [2.24, 2.45) is 5.92 Å². The SMILES string of the molecule is CN[C@H](C(=O)N1CCC[C@H]1c1ncc(C2CCC(c3ccc(-c4cnc(C5CCCN5C)[nH]4)c4c3C3CCC4C3)CC2)[nH]1)C(C)C. The van der Waals surface area contributed by atoms with E-state index in [2.05, 4.69) is 70.5 Å². The van der Waals surface area contributed by atoms with Crippen LogP contribution in [0.15, 0.2) is 24.5 Å². The van der Waals surface area contributed by atoms with E-state index in [-0.39, 0.29) is 23.9 Å². The number of aromatic amines is 2. The Hall–Kier alpha value is -2.97. The van der Waals surface area contributed by atoms with Crippen LogP contribution in [0.1, 0.15) is 154 Å². The van der Waals surface area contributed by atoms with Gasteiger partial charge in [0.1, 0.15) is 11.6 Å². The Morgan fingerprint density at radius 1 is 0.826 bits per heavy atom. The smallest absolute Gasteiger partial charge is 0.240 e. The van der Waals surface area contributed by atoms with Gasteiger partial charge in [-0.3, -0.25) is 9.69 Å². The van der Waals surface area contributed by atoms with E-state index in [4.69, 9.17) is 9.97 Å². The van der Waals surface area contributed by atoms with Gasteiger partial charge in [0, 0.05) is 29.9 Å². The molecule has 0 radical (unpaired) electrons. The van der Waals surface area contributed by atoms with Gasteiger partial charge >= 0.3 is 0 Å². The van der Waals surface area contributed by atoms with Crippen LogP contribution in [0.25, 0.3) is 11.3 Å². The second-order valence-corrected chi connectivity index (χ2v) is 15.5. The number of fused-ring (bicyclic) bond motifs is 5. The number of nitrogens with one attached hydrogen (secondary N) is 3. The fraction of sp³-hybridized carbons (Fsp3) is 0.658. The third kappa shape index (κ3) is 5.15. The van der Waals surface area contributed by atoms with Gasteiger partial charge in [-0.2, -0.15) is 0 Å². The molecular formula is C38H53N7O. The van der Waals surface area contributed by atoms with E-state index >= 15 is 0 Å². The highest BCUT2D eigenvalue weighted by atomic mass is 16.2. The Morgan fingerprint density at radius 3 is 2.24 bits per heavy atom. The number of imidazole rings is 2. The highest BCUT2D eigenvalue weighted by molar-refractivity contribution is 5.82. The molecule has 2 saturated carbocycles. The molecule has 5 atom stereocenters. The fourth-order valence-corrected chi connectivity index (χ4v) is 10.2. The first-order valence-electron chi connectivity index (χ1n) is 18.4. The lowest BCUT2D eigenvalue weighted by molar-refractivity contribution is -0.135. The molecule has 3 aliphatic carbocycles. The Bertz CT molecular complexity index is 1560. The molecule has 246 valence electrons. The first-order valence-corrected chi connectivity index (χ1v) is 18.4. The molecule has 0 spiro atoms. The number of aromatic nitrogens is 4. The first kappa shape index (κ1) is 30.4. The lowest BCUT2D eigenvalue weighted by atomic mass is 9.73. The number of rotatable bonds is 8. The minimum Gasteiger partial charge on any atom is -0.344 e. The molecule has 2 saturated heterocycles. The third-order valence-corrected chi connectivity index (χ3v) is 12.6. The van der Waals surface area contributed by atoms with Gasteiger partial charge in [0.2, 0.25) is 5.91 Å². The van der Waals surface area contributed by atoms with Gasteiger partial charge in [0.15, 0.2) is 0 Å². The zero-order chi connectivity index (χ0) is 31.5. The van der Waals surface area contributed by atoms with E-state index in [0.717, 1.165) is 43.5 Å². The molecule has 2 aromatic heterocycles. The monoisotopic (exact) mass is 623 g/mol. The summed E-state index contributed by atoms with van der Waals surface area (Å²) in [5.41, 5.74) is 8.91. The Balaban J connectivity index is 0.976. The van der Waals surface area contributed by atoms with Gasteiger partial charge in [-0.05, 0) is 132 Å². The van der Waals surface area contributed by atoms with Crippen molar-refractivity contribution < 1.29 is 4.79 Å². The molecule has 2 aliphatic heterocycles. The zero-order valence-corrected chi connectivity index (χ0v) is 28.3. The number of amides is 1. The van der Waals surface area contributed by atoms with Crippen molar-refractivity contribution >= 4 is 5.91 Å². The molecule has 4 fully saturated rings. The van der Waals surface area contributed by atoms with Gasteiger partial charge in [0.05, 0.1) is 30.0 Å². The maximum absolute atomic E-state index is 13.4. The second kappa shape index (κ2) is 12.2. The fourth-order valence-electron chi connectivity index (χ4n) is 10.2. The minimum absolute atomic E-state index is 0.0636. The first-order chi connectivity index (χ1) is 22.4. The van der Waals surface area contributed by atoms with Crippen molar-refractivity contribution in [3.8, 4) is 11.3 Å². The number of likely N-dealkylation sites (N-methyl/N-ethyl adjacent to an activating group) is 1. The molecule has 4 heterocycles. The molecular weight excluding hydrogens is 570 g/mol. The van der Waals surface area contributed by atoms with Crippen LogP contribution in [0.3, 0.4) is 0 Å². The summed E-state index contributed by atoms with van der Waals surface area (Å²) in [6.45, 7) is 6.21. The van der Waals surface area contributed by atoms with E-state index in [1.54, 1.807) is 16.7 Å². The molecule has 46 heavy (non-hydrogen) atoms. The molecule has 3 unspecified atom stereocenters. The topological polar surface area (TPSA) is 92.9 Å². The lowest BCUT2D eigenvalue weighted by Gasteiger charge is -2.32. The molecule has 3 aromatic rings. The van der Waals surface area contributed by atoms with Crippen molar-refractivity contribution in [3.05, 3.63) is 58.6 Å². The molecule has 1 amide bonds. The van der Waals surface area contributed by atoms with Crippen LogP contribution in [0, 0.1) is 5.92 Å². The zero-order valence-electron chi connectivity index (χ0n) is 28.3. The molecule has 1 aromatic carbocycles. The highest BCUT2D eigenvalue weighted by Crippen LogP contribution is 2.58. The number of carbonyl (C=O) groups is 1. The Labute approximate surface area is 274 Å². The number of likely N-dealkylation sites (tertiary alicyclic amines) is 2. The van der Waals surface area contributed by atoms with Crippen molar-refractivity contribution in [1.29, 1.82) is 0 Å². The van der Waals surface area contributed by atoms with Crippen molar-refractivity contribution in [1.82, 2.24) is 35.1 Å². The van der Waals surface area contributed by atoms with E-state index < -0.39 is 0 Å². The van der Waals surface area contributed by atoms with Crippen LogP contribution in [-0.2, 0) is 4.79 Å². The van der Waals surface area contributed by atoms with Crippen LogP contribution in [0.5, 0.6) is 0 Å². The predicted molar refractivity (Wildman–Crippen MR) is 182 cm³/mol. The van der Waals surface area contributed by atoms with Crippen molar-refractivity contribution in [2.75, 3.05) is 27.2 Å². The summed E-state index contributed by atoms with van der Waals surface area (Å²) < 4.78 is 0. The normalized spacial score (nSPS) is 30.1. The van der Waals surface area contributed by atoms with Gasteiger partial charge in [-0.1, -0.05) is 26.0 Å².